The highest BCUT2D eigenvalue weighted by Crippen LogP contribution is 2.34. The topological polar surface area (TPSA) is 78.1 Å². The number of hydrogen-bond donors (Lipinski definition) is 2. The third-order valence-electron chi connectivity index (χ3n) is 3.39. The smallest absolute Gasteiger partial charge is 0.188 e. The molecular formula is C15H24IN3O3. The number of nitrogens with one attached hydrogen (secondary N) is 1. The molecule has 0 aliphatic heterocycles. The van der Waals surface area contributed by atoms with Crippen molar-refractivity contribution in [2.45, 2.75) is 25.3 Å². The average Bonchev–Trinajstić information content (AvgIpc) is 3.30. The quantitative estimate of drug-likeness (QED) is 0.400. The minimum Gasteiger partial charge on any atom is -0.496 e. The molecule has 7 heteroatoms. The Balaban J connectivity index is 0.00000242. The van der Waals surface area contributed by atoms with Gasteiger partial charge in [-0.1, -0.05) is 0 Å². The van der Waals surface area contributed by atoms with Crippen LogP contribution in [0.1, 0.15) is 18.4 Å². The predicted molar refractivity (Wildman–Crippen MR) is 97.9 cm³/mol. The summed E-state index contributed by atoms with van der Waals surface area (Å²) in [6.07, 6.45) is 3.04. The van der Waals surface area contributed by atoms with Crippen molar-refractivity contribution >= 4 is 29.9 Å². The molecule has 6 nitrogen and oxygen atoms in total. The fourth-order valence-electron chi connectivity index (χ4n) is 2.09. The third kappa shape index (κ3) is 5.11. The predicted octanol–water partition coefficient (Wildman–Crippen LogP) is 1.94. The molecule has 0 bridgehead atoms. The molecule has 0 spiro atoms. The molecule has 1 aliphatic carbocycles. The SMILES string of the molecule is COc1cc(OC)c(CCN=C(N)NC2CC2)c(OC)c1.I. The Hall–Kier alpha value is -1.38. The summed E-state index contributed by atoms with van der Waals surface area (Å²) in [6, 6.07) is 4.19. The van der Waals surface area contributed by atoms with E-state index in [-0.39, 0.29) is 24.0 Å². The Bertz CT molecular complexity index is 494. The van der Waals surface area contributed by atoms with Gasteiger partial charge in [-0.2, -0.15) is 0 Å². The Kier molecular flexibility index (Phi) is 7.57. The molecule has 22 heavy (non-hydrogen) atoms. The summed E-state index contributed by atoms with van der Waals surface area (Å²) in [5, 5.41) is 3.16. The van der Waals surface area contributed by atoms with Crippen LogP contribution in [0.25, 0.3) is 0 Å². The largest absolute Gasteiger partial charge is 0.496 e. The molecule has 1 fully saturated rings. The van der Waals surface area contributed by atoms with Crippen LogP contribution in [-0.4, -0.2) is 39.9 Å². The molecule has 1 saturated carbocycles. The second kappa shape index (κ2) is 8.92. The Morgan fingerprint density at radius 1 is 1.18 bits per heavy atom. The number of benzene rings is 1. The minimum absolute atomic E-state index is 0. The summed E-state index contributed by atoms with van der Waals surface area (Å²) in [4.78, 5) is 4.33. The molecule has 0 aromatic heterocycles. The summed E-state index contributed by atoms with van der Waals surface area (Å²) < 4.78 is 16.0. The van der Waals surface area contributed by atoms with Crippen molar-refractivity contribution in [2.75, 3.05) is 27.9 Å². The summed E-state index contributed by atoms with van der Waals surface area (Å²) in [6.45, 7) is 0.574. The van der Waals surface area contributed by atoms with E-state index in [9.17, 15) is 0 Å². The van der Waals surface area contributed by atoms with Crippen molar-refractivity contribution in [3.8, 4) is 17.2 Å². The first kappa shape index (κ1) is 18.7. The maximum atomic E-state index is 5.82. The van der Waals surface area contributed by atoms with E-state index in [0.717, 1.165) is 17.1 Å². The van der Waals surface area contributed by atoms with Crippen molar-refractivity contribution in [3.63, 3.8) is 0 Å². The Labute approximate surface area is 148 Å². The highest BCUT2D eigenvalue weighted by atomic mass is 127. The van der Waals surface area contributed by atoms with Crippen LogP contribution in [0.2, 0.25) is 0 Å². The second-order valence-corrected chi connectivity index (χ2v) is 4.95. The highest BCUT2D eigenvalue weighted by molar-refractivity contribution is 14.0. The molecular weight excluding hydrogens is 397 g/mol. The van der Waals surface area contributed by atoms with E-state index in [1.807, 2.05) is 12.1 Å². The zero-order valence-electron chi connectivity index (χ0n) is 13.2. The molecule has 2 rings (SSSR count). The zero-order chi connectivity index (χ0) is 15.2. The first-order valence-electron chi connectivity index (χ1n) is 7.03. The van der Waals surface area contributed by atoms with E-state index in [4.69, 9.17) is 19.9 Å². The van der Waals surface area contributed by atoms with Crippen LogP contribution in [0.15, 0.2) is 17.1 Å². The van der Waals surface area contributed by atoms with Crippen LogP contribution in [0.4, 0.5) is 0 Å². The lowest BCUT2D eigenvalue weighted by Gasteiger charge is -2.14. The maximum Gasteiger partial charge on any atom is 0.188 e. The first-order valence-corrected chi connectivity index (χ1v) is 7.03. The number of guanidine groups is 1. The summed E-state index contributed by atoms with van der Waals surface area (Å²) >= 11 is 0. The highest BCUT2D eigenvalue weighted by Gasteiger charge is 2.21. The number of aliphatic imine (C=N–C) groups is 1. The van der Waals surface area contributed by atoms with Crippen molar-refractivity contribution in [1.29, 1.82) is 0 Å². The van der Waals surface area contributed by atoms with Gasteiger partial charge in [-0.3, -0.25) is 4.99 Å². The zero-order valence-corrected chi connectivity index (χ0v) is 15.5. The summed E-state index contributed by atoms with van der Waals surface area (Å²) in [7, 11) is 4.87. The lowest BCUT2D eigenvalue weighted by molar-refractivity contribution is 0.369. The van der Waals surface area contributed by atoms with E-state index in [1.54, 1.807) is 21.3 Å². The molecule has 0 saturated heterocycles. The van der Waals surface area contributed by atoms with Gasteiger partial charge in [0.25, 0.3) is 0 Å². The van der Waals surface area contributed by atoms with Gasteiger partial charge < -0.3 is 25.3 Å². The molecule has 0 unspecified atom stereocenters. The van der Waals surface area contributed by atoms with Crippen molar-refractivity contribution in [2.24, 2.45) is 10.7 Å². The monoisotopic (exact) mass is 421 g/mol. The lowest BCUT2D eigenvalue weighted by Crippen LogP contribution is -2.33. The van der Waals surface area contributed by atoms with Crippen LogP contribution < -0.4 is 25.3 Å². The maximum absolute atomic E-state index is 5.82. The molecule has 0 atom stereocenters. The number of halogens is 1. The van der Waals surface area contributed by atoms with Gasteiger partial charge in [0.1, 0.15) is 17.2 Å². The van der Waals surface area contributed by atoms with Gasteiger partial charge in [-0.05, 0) is 19.3 Å². The first-order chi connectivity index (χ1) is 10.2. The van der Waals surface area contributed by atoms with Gasteiger partial charge >= 0.3 is 0 Å². The van der Waals surface area contributed by atoms with Crippen LogP contribution >= 0.6 is 24.0 Å². The van der Waals surface area contributed by atoms with E-state index in [1.165, 1.54) is 12.8 Å². The fourth-order valence-corrected chi connectivity index (χ4v) is 2.09. The Morgan fingerprint density at radius 2 is 1.77 bits per heavy atom. The molecule has 1 aromatic carbocycles. The van der Waals surface area contributed by atoms with Crippen LogP contribution in [0.5, 0.6) is 17.2 Å². The number of rotatable bonds is 7. The average molecular weight is 421 g/mol. The molecule has 0 amide bonds. The van der Waals surface area contributed by atoms with Gasteiger partial charge in [-0.15, -0.1) is 24.0 Å². The van der Waals surface area contributed by atoms with E-state index in [2.05, 4.69) is 10.3 Å². The molecule has 3 N–H and O–H groups in total. The number of ether oxygens (including phenoxy) is 3. The standard InChI is InChI=1S/C15H23N3O3.HI/c1-19-11-8-13(20-2)12(14(9-11)21-3)6-7-17-15(16)18-10-4-5-10;/h8-10H,4-7H2,1-3H3,(H3,16,17,18);1H. The number of hydrogen-bond acceptors (Lipinski definition) is 4. The summed E-state index contributed by atoms with van der Waals surface area (Å²) in [5.74, 6) is 2.67. The van der Waals surface area contributed by atoms with E-state index >= 15 is 0 Å². The van der Waals surface area contributed by atoms with Crippen LogP contribution in [-0.2, 0) is 6.42 Å². The van der Waals surface area contributed by atoms with Gasteiger partial charge in [0.15, 0.2) is 5.96 Å². The van der Waals surface area contributed by atoms with E-state index < -0.39 is 0 Å². The van der Waals surface area contributed by atoms with Gasteiger partial charge in [-0.25, -0.2) is 0 Å². The molecule has 0 radical (unpaired) electrons. The fraction of sp³-hybridized carbons (Fsp3) is 0.533. The van der Waals surface area contributed by atoms with E-state index in [0.29, 0.717) is 30.7 Å². The van der Waals surface area contributed by atoms with Crippen molar-refractivity contribution in [3.05, 3.63) is 17.7 Å². The van der Waals surface area contributed by atoms with Crippen LogP contribution in [0.3, 0.4) is 0 Å². The van der Waals surface area contributed by atoms with Gasteiger partial charge in [0.2, 0.25) is 0 Å². The second-order valence-electron chi connectivity index (χ2n) is 4.95. The van der Waals surface area contributed by atoms with Crippen molar-refractivity contribution in [1.82, 2.24) is 5.32 Å². The summed E-state index contributed by atoms with van der Waals surface area (Å²) in [5.41, 5.74) is 6.78. The number of methoxy groups -OCH3 is 3. The number of nitrogens with zero attached hydrogens (tertiary/aromatic N) is 1. The van der Waals surface area contributed by atoms with Gasteiger partial charge in [0.05, 0.1) is 21.3 Å². The lowest BCUT2D eigenvalue weighted by atomic mass is 10.1. The van der Waals surface area contributed by atoms with Crippen LogP contribution in [0, 0.1) is 0 Å². The molecule has 124 valence electrons. The molecule has 0 heterocycles. The van der Waals surface area contributed by atoms with Gasteiger partial charge in [0, 0.05) is 30.3 Å². The van der Waals surface area contributed by atoms with Crippen molar-refractivity contribution < 1.29 is 14.2 Å². The Morgan fingerprint density at radius 3 is 2.23 bits per heavy atom. The number of nitrogens with two attached hydrogens (primary N) is 1. The minimum atomic E-state index is 0. The molecule has 1 aliphatic rings. The molecule has 1 aromatic rings. The third-order valence-corrected chi connectivity index (χ3v) is 3.39. The normalized spacial score (nSPS) is 14.0.